The third-order valence-electron chi connectivity index (χ3n) is 6.56. The van der Waals surface area contributed by atoms with Crippen LogP contribution in [0, 0.1) is 17.8 Å². The van der Waals surface area contributed by atoms with E-state index in [-0.39, 0.29) is 38.3 Å². The summed E-state index contributed by atoms with van der Waals surface area (Å²) in [7, 11) is 0. The largest absolute Gasteiger partial charge is 0.481 e. The van der Waals surface area contributed by atoms with E-state index in [0.717, 1.165) is 0 Å². The summed E-state index contributed by atoms with van der Waals surface area (Å²) in [5.41, 5.74) is 0.610. The normalized spacial score (nSPS) is 18.8. The number of nitrogens with zero attached hydrogens (tertiary/aromatic N) is 1. The molecular formula is C28H39N3O7. The maximum Gasteiger partial charge on any atom is 0.303 e. The van der Waals surface area contributed by atoms with E-state index in [4.69, 9.17) is 11.5 Å². The van der Waals surface area contributed by atoms with Crippen LogP contribution in [0.3, 0.4) is 0 Å². The molecule has 0 radical (unpaired) electrons. The minimum absolute atomic E-state index is 0.0279. The molecule has 0 aromatic heterocycles. The lowest BCUT2D eigenvalue weighted by Crippen LogP contribution is -2.58. The van der Waals surface area contributed by atoms with Gasteiger partial charge in [0, 0.05) is 31.4 Å². The van der Waals surface area contributed by atoms with Gasteiger partial charge in [0.2, 0.25) is 17.7 Å². The molecule has 1 saturated heterocycles. The molecule has 1 aliphatic heterocycles. The number of unbranched alkanes of at least 4 members (excludes halogenated alkanes) is 2. The Bertz CT molecular complexity index is 1030. The summed E-state index contributed by atoms with van der Waals surface area (Å²) in [6.07, 6.45) is 6.21. The van der Waals surface area contributed by atoms with Crippen LogP contribution < -0.4 is 10.6 Å². The van der Waals surface area contributed by atoms with Gasteiger partial charge in [-0.05, 0) is 36.0 Å². The van der Waals surface area contributed by atoms with Crippen LogP contribution in [0.5, 0.6) is 0 Å². The molecule has 0 saturated carbocycles. The summed E-state index contributed by atoms with van der Waals surface area (Å²) in [4.78, 5) is 51.4. The molecule has 2 rings (SSSR count). The first-order chi connectivity index (χ1) is 17.9. The average molecular weight is 530 g/mol. The van der Waals surface area contributed by atoms with Crippen molar-refractivity contribution < 1.29 is 34.5 Å². The summed E-state index contributed by atoms with van der Waals surface area (Å²) in [5, 5.41) is 34.5. The number of carbonyl (C=O) groups is 4. The fraction of sp³-hybridized carbons (Fsp3) is 0.571. The number of terminal acetylenes is 1. The molecule has 4 atom stereocenters. The molecule has 1 fully saturated rings. The Hall–Kier alpha value is -3.42. The van der Waals surface area contributed by atoms with Gasteiger partial charge in [-0.2, -0.15) is 0 Å². The third-order valence-corrected chi connectivity index (χ3v) is 6.56. The molecule has 38 heavy (non-hydrogen) atoms. The molecule has 10 nitrogen and oxygen atoms in total. The first-order valence-electron chi connectivity index (χ1n) is 12.8. The SMILES string of the molecule is C#Cc1ccc([C@H](CO)NC(=O)[C@@H]2C[C@@H](O)CN2C(=O)[C@@H](NC(=O)CCCCCC(=O)O)C(C)(C)C)cc1. The number of aliphatic hydroxyl groups excluding tert-OH is 2. The molecule has 0 spiro atoms. The van der Waals surface area contributed by atoms with Crippen molar-refractivity contribution in [3.8, 4) is 12.3 Å². The van der Waals surface area contributed by atoms with Crippen molar-refractivity contribution in [3.05, 3.63) is 35.4 Å². The number of nitrogens with one attached hydrogen (secondary N) is 2. The number of carboxylic acids is 1. The summed E-state index contributed by atoms with van der Waals surface area (Å²) in [6, 6.07) is 4.15. The molecule has 1 aliphatic rings. The predicted octanol–water partition coefficient (Wildman–Crippen LogP) is 1.35. The van der Waals surface area contributed by atoms with Crippen molar-refractivity contribution in [2.75, 3.05) is 13.2 Å². The number of benzene rings is 1. The second kappa shape index (κ2) is 13.9. The summed E-state index contributed by atoms with van der Waals surface area (Å²) in [5.74, 6) is 0.278. The molecule has 208 valence electrons. The van der Waals surface area contributed by atoms with Crippen molar-refractivity contribution in [1.29, 1.82) is 0 Å². The first kappa shape index (κ1) is 30.8. The van der Waals surface area contributed by atoms with E-state index in [1.54, 1.807) is 45.0 Å². The monoisotopic (exact) mass is 529 g/mol. The molecule has 3 amide bonds. The maximum absolute atomic E-state index is 13.6. The van der Waals surface area contributed by atoms with E-state index in [1.807, 2.05) is 0 Å². The minimum Gasteiger partial charge on any atom is -0.481 e. The van der Waals surface area contributed by atoms with Gasteiger partial charge in [0.1, 0.15) is 12.1 Å². The fourth-order valence-corrected chi connectivity index (χ4v) is 4.41. The number of aliphatic hydroxyl groups is 2. The minimum atomic E-state index is -0.977. The highest BCUT2D eigenvalue weighted by atomic mass is 16.4. The lowest BCUT2D eigenvalue weighted by Gasteiger charge is -2.35. The molecule has 1 aromatic carbocycles. The standard InChI is InChI=1S/C28H39N3O7/c1-5-18-11-13-19(14-12-18)21(17-32)29-26(37)22-15-20(33)16-31(22)27(38)25(28(2,3)4)30-23(34)9-7-6-8-10-24(35)36/h1,11-14,20-22,25,32-33H,6-10,15-17H2,2-4H3,(H,29,37)(H,30,34)(H,35,36)/t20-,21+,22+,25-/m1/s1. The second-order valence-corrected chi connectivity index (χ2v) is 10.7. The maximum atomic E-state index is 13.6. The molecular weight excluding hydrogens is 490 g/mol. The van der Waals surface area contributed by atoms with E-state index in [0.29, 0.717) is 30.4 Å². The number of rotatable bonds is 12. The van der Waals surface area contributed by atoms with Crippen LogP contribution in [0.15, 0.2) is 24.3 Å². The Kier molecular flexibility index (Phi) is 11.3. The Morgan fingerprint density at radius 3 is 2.26 bits per heavy atom. The van der Waals surface area contributed by atoms with Gasteiger partial charge in [0.15, 0.2) is 0 Å². The molecule has 1 heterocycles. The zero-order valence-corrected chi connectivity index (χ0v) is 22.3. The molecule has 1 aromatic rings. The van der Waals surface area contributed by atoms with Crippen molar-refractivity contribution in [1.82, 2.24) is 15.5 Å². The molecule has 0 unspecified atom stereocenters. The van der Waals surface area contributed by atoms with E-state index in [9.17, 15) is 29.4 Å². The Balaban J connectivity index is 2.10. The molecule has 0 aliphatic carbocycles. The molecule has 0 bridgehead atoms. The van der Waals surface area contributed by atoms with Crippen molar-refractivity contribution in [2.45, 2.75) is 83.5 Å². The second-order valence-electron chi connectivity index (χ2n) is 10.7. The van der Waals surface area contributed by atoms with Crippen LogP contribution >= 0.6 is 0 Å². The number of hydrogen-bond acceptors (Lipinski definition) is 6. The molecule has 10 heteroatoms. The van der Waals surface area contributed by atoms with Gasteiger partial charge in [-0.3, -0.25) is 19.2 Å². The number of amides is 3. The first-order valence-corrected chi connectivity index (χ1v) is 12.8. The van der Waals surface area contributed by atoms with E-state index in [1.165, 1.54) is 4.90 Å². The van der Waals surface area contributed by atoms with Crippen molar-refractivity contribution >= 4 is 23.7 Å². The molecule has 5 N–H and O–H groups in total. The van der Waals surface area contributed by atoms with Crippen LogP contribution in [0.1, 0.15) is 76.5 Å². The Morgan fingerprint density at radius 1 is 1.08 bits per heavy atom. The van der Waals surface area contributed by atoms with Gasteiger partial charge < -0.3 is 30.9 Å². The van der Waals surface area contributed by atoms with Crippen LogP contribution in [0.2, 0.25) is 0 Å². The van der Waals surface area contributed by atoms with E-state index >= 15 is 0 Å². The Labute approximate surface area is 223 Å². The summed E-state index contributed by atoms with van der Waals surface area (Å²) < 4.78 is 0. The topological polar surface area (TPSA) is 156 Å². The number of carboxylic acid groups (broad SMARTS) is 1. The van der Waals surface area contributed by atoms with Crippen LogP contribution in [-0.2, 0) is 19.2 Å². The third kappa shape index (κ3) is 8.85. The van der Waals surface area contributed by atoms with Gasteiger partial charge >= 0.3 is 5.97 Å². The number of likely N-dealkylation sites (tertiary alicyclic amines) is 1. The number of hydrogen-bond donors (Lipinski definition) is 5. The zero-order valence-electron chi connectivity index (χ0n) is 22.3. The highest BCUT2D eigenvalue weighted by Crippen LogP contribution is 2.27. The number of aliphatic carboxylic acids is 1. The van der Waals surface area contributed by atoms with Gasteiger partial charge in [-0.15, -0.1) is 6.42 Å². The lowest BCUT2D eigenvalue weighted by molar-refractivity contribution is -0.144. The predicted molar refractivity (Wildman–Crippen MR) is 141 cm³/mol. The fourth-order valence-electron chi connectivity index (χ4n) is 4.41. The zero-order chi connectivity index (χ0) is 28.5. The summed E-state index contributed by atoms with van der Waals surface area (Å²) >= 11 is 0. The van der Waals surface area contributed by atoms with Crippen LogP contribution in [0.25, 0.3) is 0 Å². The van der Waals surface area contributed by atoms with E-state index in [2.05, 4.69) is 16.6 Å². The average Bonchev–Trinajstić information content (AvgIpc) is 3.26. The van der Waals surface area contributed by atoms with Crippen molar-refractivity contribution in [3.63, 3.8) is 0 Å². The number of β-amino-alcohol motifs (C(OH)–C–C–N with tert-alkyl or cyclic N) is 1. The van der Waals surface area contributed by atoms with Gasteiger partial charge in [-0.25, -0.2) is 0 Å². The summed E-state index contributed by atoms with van der Waals surface area (Å²) in [6.45, 7) is 4.95. The van der Waals surface area contributed by atoms with Crippen LogP contribution in [-0.4, -0.2) is 75.2 Å². The lowest BCUT2D eigenvalue weighted by atomic mass is 9.85. The van der Waals surface area contributed by atoms with Gasteiger partial charge in [0.25, 0.3) is 0 Å². The smallest absolute Gasteiger partial charge is 0.303 e. The quantitative estimate of drug-likeness (QED) is 0.202. The highest BCUT2D eigenvalue weighted by Gasteiger charge is 2.44. The van der Waals surface area contributed by atoms with Crippen molar-refractivity contribution in [2.24, 2.45) is 5.41 Å². The van der Waals surface area contributed by atoms with E-state index < -0.39 is 47.4 Å². The number of carbonyl (C=O) groups excluding carboxylic acids is 3. The van der Waals surface area contributed by atoms with Gasteiger partial charge in [-0.1, -0.05) is 45.2 Å². The van der Waals surface area contributed by atoms with Crippen LogP contribution in [0.4, 0.5) is 0 Å². The Morgan fingerprint density at radius 2 is 1.71 bits per heavy atom. The van der Waals surface area contributed by atoms with Gasteiger partial charge in [0.05, 0.1) is 18.8 Å². The highest BCUT2D eigenvalue weighted by molar-refractivity contribution is 5.93.